The molecule has 0 radical (unpaired) electrons. The molecule has 0 aromatic heterocycles. The summed E-state index contributed by atoms with van der Waals surface area (Å²) in [6, 6.07) is 1.26. The second-order valence-electron chi connectivity index (χ2n) is 6.08. The Morgan fingerprint density at radius 3 is 2.22 bits per heavy atom. The molecule has 7 heteroatoms. The molecule has 1 aliphatic carbocycles. The Bertz CT molecular complexity index is 530. The first-order valence-corrected chi connectivity index (χ1v) is 7.82. The molecule has 1 saturated heterocycles. The Morgan fingerprint density at radius 1 is 1.13 bits per heavy atom. The zero-order valence-electron chi connectivity index (χ0n) is 12.7. The van der Waals surface area contributed by atoms with Gasteiger partial charge in [-0.15, -0.1) is 0 Å². The van der Waals surface area contributed by atoms with Crippen LogP contribution in [0.5, 0.6) is 0 Å². The molecule has 128 valence electrons. The van der Waals surface area contributed by atoms with Gasteiger partial charge in [0.1, 0.15) is 0 Å². The third kappa shape index (κ3) is 3.52. The molecule has 23 heavy (non-hydrogen) atoms. The van der Waals surface area contributed by atoms with E-state index in [-0.39, 0.29) is 18.2 Å². The summed E-state index contributed by atoms with van der Waals surface area (Å²) in [5.41, 5.74) is 0.192. The molecule has 1 spiro atoms. The van der Waals surface area contributed by atoms with Crippen LogP contribution < -0.4 is 5.32 Å². The van der Waals surface area contributed by atoms with Crippen LogP contribution in [-0.4, -0.2) is 36.8 Å². The van der Waals surface area contributed by atoms with Gasteiger partial charge in [0, 0.05) is 18.9 Å². The van der Waals surface area contributed by atoms with Crippen molar-refractivity contribution in [3.8, 4) is 0 Å². The minimum absolute atomic E-state index is 0.0711. The van der Waals surface area contributed by atoms with Crippen LogP contribution in [0.2, 0.25) is 0 Å². The Balaban J connectivity index is 1.64. The standard InChI is InChI=1S/C16H20F3NO3/c17-12-7-10(8-13(18)15(12)19)14(9-21)20-11-1-3-16(4-2-11)22-5-6-23-16/h7-8,11,14,20-21H,1-6,9H2/t14-/m0/s1. The molecule has 4 nitrogen and oxygen atoms in total. The zero-order valence-corrected chi connectivity index (χ0v) is 12.7. The van der Waals surface area contributed by atoms with Crippen LogP contribution in [-0.2, 0) is 9.47 Å². The van der Waals surface area contributed by atoms with Gasteiger partial charge in [0.15, 0.2) is 23.2 Å². The van der Waals surface area contributed by atoms with Gasteiger partial charge in [0.2, 0.25) is 0 Å². The van der Waals surface area contributed by atoms with E-state index in [9.17, 15) is 18.3 Å². The highest BCUT2D eigenvalue weighted by Crippen LogP contribution is 2.36. The molecule has 1 aromatic carbocycles. The molecule has 2 fully saturated rings. The fourth-order valence-corrected chi connectivity index (χ4v) is 3.33. The van der Waals surface area contributed by atoms with Crippen molar-refractivity contribution in [2.24, 2.45) is 0 Å². The van der Waals surface area contributed by atoms with Gasteiger partial charge in [-0.1, -0.05) is 0 Å². The maximum Gasteiger partial charge on any atom is 0.194 e. The highest BCUT2D eigenvalue weighted by molar-refractivity contribution is 5.23. The molecule has 0 bridgehead atoms. The quantitative estimate of drug-likeness (QED) is 0.832. The summed E-state index contributed by atoms with van der Waals surface area (Å²) in [6.07, 6.45) is 3.00. The SMILES string of the molecule is OC[C@H](NC1CCC2(CC1)OCCO2)c1cc(F)c(F)c(F)c1. The molecule has 3 rings (SSSR count). The molecule has 0 unspecified atom stereocenters. The number of aliphatic hydroxyl groups excluding tert-OH is 1. The van der Waals surface area contributed by atoms with Crippen molar-refractivity contribution in [1.82, 2.24) is 5.32 Å². The second kappa shape index (κ2) is 6.76. The van der Waals surface area contributed by atoms with Gasteiger partial charge in [-0.2, -0.15) is 0 Å². The number of hydrogen-bond donors (Lipinski definition) is 2. The lowest BCUT2D eigenvalue weighted by Gasteiger charge is -2.37. The number of benzene rings is 1. The number of nitrogens with one attached hydrogen (secondary N) is 1. The average molecular weight is 331 g/mol. The van der Waals surface area contributed by atoms with E-state index in [0.717, 1.165) is 37.8 Å². The number of rotatable bonds is 4. The second-order valence-corrected chi connectivity index (χ2v) is 6.08. The van der Waals surface area contributed by atoms with Gasteiger partial charge < -0.3 is 19.9 Å². The predicted molar refractivity (Wildman–Crippen MR) is 76.2 cm³/mol. The maximum absolute atomic E-state index is 13.4. The molecule has 1 saturated carbocycles. The monoisotopic (exact) mass is 331 g/mol. The highest BCUT2D eigenvalue weighted by atomic mass is 19.2. The summed E-state index contributed by atoms with van der Waals surface area (Å²) in [5.74, 6) is -4.49. The summed E-state index contributed by atoms with van der Waals surface area (Å²) in [6.45, 7) is 0.871. The molecule has 1 aliphatic heterocycles. The Morgan fingerprint density at radius 2 is 1.70 bits per heavy atom. The van der Waals surface area contributed by atoms with E-state index in [1.54, 1.807) is 0 Å². The van der Waals surface area contributed by atoms with Crippen LogP contribution in [0, 0.1) is 17.5 Å². The van der Waals surface area contributed by atoms with Crippen molar-refractivity contribution >= 4 is 0 Å². The molecular formula is C16H20F3NO3. The first-order valence-electron chi connectivity index (χ1n) is 7.82. The van der Waals surface area contributed by atoms with E-state index in [2.05, 4.69) is 5.32 Å². The van der Waals surface area contributed by atoms with E-state index in [0.29, 0.717) is 13.2 Å². The summed E-state index contributed by atoms with van der Waals surface area (Å²) < 4.78 is 51.1. The first-order chi connectivity index (χ1) is 11.0. The van der Waals surface area contributed by atoms with Crippen LogP contribution in [0.1, 0.15) is 37.3 Å². The molecule has 0 amide bonds. The topological polar surface area (TPSA) is 50.7 Å². The van der Waals surface area contributed by atoms with Crippen molar-refractivity contribution in [1.29, 1.82) is 0 Å². The van der Waals surface area contributed by atoms with Crippen molar-refractivity contribution in [2.45, 2.75) is 43.6 Å². The number of ether oxygens (including phenoxy) is 2. The molecule has 1 atom stereocenters. The summed E-state index contributed by atoms with van der Waals surface area (Å²) in [7, 11) is 0. The van der Waals surface area contributed by atoms with Crippen LogP contribution >= 0.6 is 0 Å². The van der Waals surface area contributed by atoms with Gasteiger partial charge in [0.25, 0.3) is 0 Å². The van der Waals surface area contributed by atoms with Crippen LogP contribution in [0.4, 0.5) is 13.2 Å². The zero-order chi connectivity index (χ0) is 16.4. The molecule has 1 heterocycles. The molecular weight excluding hydrogens is 311 g/mol. The van der Waals surface area contributed by atoms with Gasteiger partial charge in [-0.3, -0.25) is 0 Å². The van der Waals surface area contributed by atoms with E-state index in [1.165, 1.54) is 0 Å². The molecule has 1 aromatic rings. The lowest BCUT2D eigenvalue weighted by atomic mass is 9.89. The third-order valence-corrected chi connectivity index (χ3v) is 4.59. The number of aliphatic hydroxyl groups is 1. The van der Waals surface area contributed by atoms with Gasteiger partial charge in [-0.05, 0) is 30.5 Å². The Labute approximate surface area is 132 Å². The fraction of sp³-hybridized carbons (Fsp3) is 0.625. The van der Waals surface area contributed by atoms with Crippen molar-refractivity contribution in [3.05, 3.63) is 35.1 Å². The van der Waals surface area contributed by atoms with Gasteiger partial charge >= 0.3 is 0 Å². The Hall–Kier alpha value is -1.15. The minimum Gasteiger partial charge on any atom is -0.394 e. The maximum atomic E-state index is 13.4. The van der Waals surface area contributed by atoms with Crippen LogP contribution in [0.15, 0.2) is 12.1 Å². The van der Waals surface area contributed by atoms with E-state index < -0.39 is 29.3 Å². The van der Waals surface area contributed by atoms with Gasteiger partial charge in [0.05, 0.1) is 25.9 Å². The van der Waals surface area contributed by atoms with Crippen LogP contribution in [0.25, 0.3) is 0 Å². The van der Waals surface area contributed by atoms with Crippen molar-refractivity contribution in [2.75, 3.05) is 19.8 Å². The van der Waals surface area contributed by atoms with Gasteiger partial charge in [-0.25, -0.2) is 13.2 Å². The summed E-state index contributed by atoms with van der Waals surface area (Å²) in [4.78, 5) is 0. The van der Waals surface area contributed by atoms with E-state index in [4.69, 9.17) is 9.47 Å². The van der Waals surface area contributed by atoms with E-state index >= 15 is 0 Å². The largest absolute Gasteiger partial charge is 0.394 e. The third-order valence-electron chi connectivity index (χ3n) is 4.59. The lowest BCUT2D eigenvalue weighted by Crippen LogP contribution is -2.43. The number of hydrogen-bond acceptors (Lipinski definition) is 4. The smallest absolute Gasteiger partial charge is 0.194 e. The average Bonchev–Trinajstić information content (AvgIpc) is 3.00. The van der Waals surface area contributed by atoms with E-state index in [1.807, 2.05) is 0 Å². The summed E-state index contributed by atoms with van der Waals surface area (Å²) in [5, 5.41) is 12.7. The summed E-state index contributed by atoms with van der Waals surface area (Å²) >= 11 is 0. The highest BCUT2D eigenvalue weighted by Gasteiger charge is 2.40. The predicted octanol–water partition coefficient (Wildman–Crippen LogP) is 2.41. The normalized spacial score (nSPS) is 22.6. The van der Waals surface area contributed by atoms with Crippen molar-refractivity contribution in [3.63, 3.8) is 0 Å². The molecule has 2 N–H and O–H groups in total. The first kappa shape index (κ1) is 16.7. The minimum atomic E-state index is -1.50. The van der Waals surface area contributed by atoms with Crippen LogP contribution in [0.3, 0.4) is 0 Å². The number of halogens is 3. The lowest BCUT2D eigenvalue weighted by molar-refractivity contribution is -0.179. The fourth-order valence-electron chi connectivity index (χ4n) is 3.33. The van der Waals surface area contributed by atoms with Crippen molar-refractivity contribution < 1.29 is 27.8 Å². The molecule has 2 aliphatic rings. The Kier molecular flexibility index (Phi) is 4.91.